The Balaban J connectivity index is 3.78. The molecule has 0 aromatic heterocycles. The smallest absolute Gasteiger partial charge is 0.337 e. The summed E-state index contributed by atoms with van der Waals surface area (Å²) in [7, 11) is 0. The van der Waals surface area contributed by atoms with E-state index in [1.54, 1.807) is 26.8 Å². The van der Waals surface area contributed by atoms with Crippen LogP contribution < -0.4 is 5.48 Å². The minimum Gasteiger partial charge on any atom is -0.340 e. The van der Waals surface area contributed by atoms with Crippen molar-refractivity contribution in [3.63, 3.8) is 0 Å². The summed E-state index contributed by atoms with van der Waals surface area (Å²) in [5.74, 6) is -0.771. The topological polar surface area (TPSA) is 55.4 Å². The normalized spacial score (nSPS) is 10.5. The summed E-state index contributed by atoms with van der Waals surface area (Å²) in [6.07, 6.45) is 2.48. The first kappa shape index (κ1) is 12.7. The van der Waals surface area contributed by atoms with Gasteiger partial charge in [0.25, 0.3) is 5.91 Å². The van der Waals surface area contributed by atoms with Gasteiger partial charge < -0.3 is 4.84 Å². The molecule has 4 nitrogen and oxygen atoms in total. The van der Waals surface area contributed by atoms with E-state index in [0.717, 1.165) is 0 Å². The zero-order chi connectivity index (χ0) is 11.2. The van der Waals surface area contributed by atoms with Crippen molar-refractivity contribution >= 4 is 11.9 Å². The second-order valence-corrected chi connectivity index (χ2v) is 3.99. The van der Waals surface area contributed by atoms with Crippen molar-refractivity contribution in [2.75, 3.05) is 0 Å². The number of hydroxylamine groups is 1. The van der Waals surface area contributed by atoms with E-state index in [0.29, 0.717) is 6.42 Å². The van der Waals surface area contributed by atoms with Crippen molar-refractivity contribution in [3.05, 3.63) is 12.7 Å². The molecule has 0 rings (SSSR count). The molecular formula is C10H17NO3. The van der Waals surface area contributed by atoms with Gasteiger partial charge in [0.2, 0.25) is 0 Å². The maximum absolute atomic E-state index is 11.2. The van der Waals surface area contributed by atoms with Gasteiger partial charge in [0, 0.05) is 6.42 Å². The predicted molar refractivity (Wildman–Crippen MR) is 53.1 cm³/mol. The highest BCUT2D eigenvalue weighted by atomic mass is 16.7. The Hall–Kier alpha value is -1.32. The van der Waals surface area contributed by atoms with Crippen LogP contribution >= 0.6 is 0 Å². The fourth-order valence-electron chi connectivity index (χ4n) is 0.541. The van der Waals surface area contributed by atoms with E-state index < -0.39 is 11.4 Å². The van der Waals surface area contributed by atoms with Crippen LogP contribution in [0.4, 0.5) is 0 Å². The van der Waals surface area contributed by atoms with E-state index in [2.05, 4.69) is 16.9 Å². The molecule has 0 heterocycles. The minimum absolute atomic E-state index is 0.279. The molecule has 0 fully saturated rings. The lowest BCUT2D eigenvalue weighted by atomic mass is 9.98. The predicted octanol–water partition coefficient (Wildman–Crippen LogP) is 1.57. The van der Waals surface area contributed by atoms with Gasteiger partial charge in [0.05, 0.1) is 5.41 Å². The molecule has 80 valence electrons. The van der Waals surface area contributed by atoms with Crippen LogP contribution in [0, 0.1) is 5.41 Å². The van der Waals surface area contributed by atoms with Crippen molar-refractivity contribution < 1.29 is 14.4 Å². The Morgan fingerprint density at radius 3 is 2.43 bits per heavy atom. The average molecular weight is 199 g/mol. The molecule has 0 aromatic rings. The van der Waals surface area contributed by atoms with E-state index in [1.165, 1.54) is 0 Å². The number of amides is 1. The summed E-state index contributed by atoms with van der Waals surface area (Å²) in [6, 6.07) is 0. The molecule has 0 aromatic carbocycles. The molecule has 0 bridgehead atoms. The van der Waals surface area contributed by atoms with Crippen LogP contribution in [0.15, 0.2) is 12.7 Å². The fraction of sp³-hybridized carbons (Fsp3) is 0.600. The van der Waals surface area contributed by atoms with E-state index in [4.69, 9.17) is 0 Å². The molecule has 0 unspecified atom stereocenters. The van der Waals surface area contributed by atoms with E-state index in [1.807, 2.05) is 0 Å². The molecule has 1 amide bonds. The summed E-state index contributed by atoms with van der Waals surface area (Å²) in [4.78, 5) is 26.8. The van der Waals surface area contributed by atoms with Crippen LogP contribution in [-0.2, 0) is 14.4 Å². The Morgan fingerprint density at radius 1 is 1.43 bits per heavy atom. The highest BCUT2D eigenvalue weighted by Gasteiger charge is 2.24. The van der Waals surface area contributed by atoms with Crippen molar-refractivity contribution in [2.45, 2.75) is 33.6 Å². The van der Waals surface area contributed by atoms with Gasteiger partial charge in [-0.3, -0.25) is 4.79 Å². The summed E-state index contributed by atoms with van der Waals surface area (Å²) >= 11 is 0. The van der Waals surface area contributed by atoms with Gasteiger partial charge >= 0.3 is 5.97 Å². The zero-order valence-electron chi connectivity index (χ0n) is 8.92. The Kier molecular flexibility index (Phi) is 4.91. The molecule has 0 radical (unpaired) electrons. The van der Waals surface area contributed by atoms with Crippen LogP contribution in [-0.4, -0.2) is 11.9 Å². The van der Waals surface area contributed by atoms with Gasteiger partial charge in [0.15, 0.2) is 0 Å². The van der Waals surface area contributed by atoms with Gasteiger partial charge in [-0.25, -0.2) is 4.79 Å². The van der Waals surface area contributed by atoms with Crippen LogP contribution in [0.5, 0.6) is 0 Å². The van der Waals surface area contributed by atoms with E-state index in [-0.39, 0.29) is 12.3 Å². The summed E-state index contributed by atoms with van der Waals surface area (Å²) in [5.41, 5.74) is 1.48. The minimum atomic E-state index is -0.605. The lowest BCUT2D eigenvalue weighted by Crippen LogP contribution is -2.33. The molecule has 1 N–H and O–H groups in total. The third-order valence-electron chi connectivity index (χ3n) is 1.45. The maximum Gasteiger partial charge on any atom is 0.337 e. The van der Waals surface area contributed by atoms with Crippen LogP contribution in [0.2, 0.25) is 0 Å². The summed E-state index contributed by atoms with van der Waals surface area (Å²) in [5, 5.41) is 0. The van der Waals surface area contributed by atoms with Gasteiger partial charge in [0.1, 0.15) is 0 Å². The first-order valence-corrected chi connectivity index (χ1v) is 4.49. The van der Waals surface area contributed by atoms with Crippen molar-refractivity contribution in [3.8, 4) is 0 Å². The van der Waals surface area contributed by atoms with E-state index >= 15 is 0 Å². The quantitative estimate of drug-likeness (QED) is 0.554. The first-order valence-electron chi connectivity index (χ1n) is 4.49. The number of carbonyl (C=O) groups excluding carboxylic acids is 2. The van der Waals surface area contributed by atoms with E-state index in [9.17, 15) is 9.59 Å². The Labute approximate surface area is 84.3 Å². The SMILES string of the molecule is C=CCCC(=O)NOC(=O)C(C)(C)C. The standard InChI is InChI=1S/C10H17NO3/c1-5-6-7-8(12)11-14-9(13)10(2,3)4/h5H,1,6-7H2,2-4H3,(H,11,12). The summed E-state index contributed by atoms with van der Waals surface area (Å²) in [6.45, 7) is 8.62. The van der Waals surface area contributed by atoms with Gasteiger partial charge in [-0.2, -0.15) is 5.48 Å². The Morgan fingerprint density at radius 2 is 2.00 bits per heavy atom. The second-order valence-electron chi connectivity index (χ2n) is 3.99. The molecule has 0 saturated heterocycles. The van der Waals surface area contributed by atoms with Gasteiger partial charge in [-0.05, 0) is 27.2 Å². The molecule has 0 aliphatic heterocycles. The van der Waals surface area contributed by atoms with Crippen molar-refractivity contribution in [1.82, 2.24) is 5.48 Å². The lowest BCUT2D eigenvalue weighted by Gasteiger charge is -2.15. The highest BCUT2D eigenvalue weighted by molar-refractivity contribution is 5.79. The number of rotatable bonds is 3. The molecular weight excluding hydrogens is 182 g/mol. The lowest BCUT2D eigenvalue weighted by molar-refractivity contribution is -0.166. The molecule has 0 spiro atoms. The van der Waals surface area contributed by atoms with Crippen molar-refractivity contribution in [2.24, 2.45) is 5.41 Å². The van der Waals surface area contributed by atoms with Gasteiger partial charge in [-0.1, -0.05) is 6.08 Å². The molecule has 0 atom stereocenters. The number of nitrogens with one attached hydrogen (secondary N) is 1. The van der Waals surface area contributed by atoms with Crippen LogP contribution in [0.25, 0.3) is 0 Å². The third-order valence-corrected chi connectivity index (χ3v) is 1.45. The molecule has 0 aliphatic rings. The molecule has 14 heavy (non-hydrogen) atoms. The fourth-order valence-corrected chi connectivity index (χ4v) is 0.541. The molecule has 0 aliphatic carbocycles. The third kappa shape index (κ3) is 5.35. The monoisotopic (exact) mass is 199 g/mol. The zero-order valence-corrected chi connectivity index (χ0v) is 8.92. The number of hydrogen-bond donors (Lipinski definition) is 1. The maximum atomic E-state index is 11.2. The van der Waals surface area contributed by atoms with Gasteiger partial charge in [-0.15, -0.1) is 6.58 Å². The van der Waals surface area contributed by atoms with Crippen LogP contribution in [0.1, 0.15) is 33.6 Å². The summed E-state index contributed by atoms with van der Waals surface area (Å²) < 4.78 is 0. The average Bonchev–Trinajstić information content (AvgIpc) is 2.09. The van der Waals surface area contributed by atoms with Crippen molar-refractivity contribution in [1.29, 1.82) is 0 Å². The number of hydrogen-bond acceptors (Lipinski definition) is 3. The second kappa shape index (κ2) is 5.42. The Bertz CT molecular complexity index is 228. The highest BCUT2D eigenvalue weighted by Crippen LogP contribution is 2.14. The van der Waals surface area contributed by atoms with Crippen LogP contribution in [0.3, 0.4) is 0 Å². The molecule has 0 saturated carbocycles. The number of carbonyl (C=O) groups is 2. The molecule has 4 heteroatoms. The first-order chi connectivity index (χ1) is 6.38. The number of allylic oxidation sites excluding steroid dienone is 1. The largest absolute Gasteiger partial charge is 0.340 e.